The molecule has 0 bridgehead atoms. The Bertz CT molecular complexity index is 829. The first-order chi connectivity index (χ1) is 10.7. The Hall–Kier alpha value is -2.67. The number of ether oxygens (including phenoxy) is 1. The third-order valence-electron chi connectivity index (χ3n) is 3.03. The van der Waals surface area contributed by atoms with E-state index in [2.05, 4.69) is 20.3 Å². The van der Waals surface area contributed by atoms with Crippen molar-refractivity contribution in [3.63, 3.8) is 0 Å². The molecule has 2 heterocycles. The van der Waals surface area contributed by atoms with Crippen LogP contribution in [0.5, 0.6) is 5.75 Å². The number of nitrogens with two attached hydrogens (primary N) is 1. The number of methoxy groups -OCH3 is 1. The fourth-order valence-electron chi connectivity index (χ4n) is 2.14. The molecule has 1 aromatic carbocycles. The zero-order valence-electron chi connectivity index (χ0n) is 12.2. The van der Waals surface area contributed by atoms with Gasteiger partial charge in [-0.05, 0) is 25.1 Å². The van der Waals surface area contributed by atoms with E-state index in [-0.39, 0.29) is 5.95 Å². The van der Waals surface area contributed by atoms with Crippen LogP contribution < -0.4 is 15.8 Å². The van der Waals surface area contributed by atoms with Gasteiger partial charge < -0.3 is 15.8 Å². The number of aromatic nitrogens is 3. The van der Waals surface area contributed by atoms with Crippen LogP contribution in [0.2, 0.25) is 0 Å². The van der Waals surface area contributed by atoms with Crippen molar-refractivity contribution in [2.24, 2.45) is 0 Å². The maximum absolute atomic E-state index is 5.80. The second kappa shape index (κ2) is 5.98. The zero-order chi connectivity index (χ0) is 15.5. The molecule has 3 N–H and O–H groups in total. The largest absolute Gasteiger partial charge is 0.496 e. The monoisotopic (exact) mass is 313 g/mol. The maximum atomic E-state index is 5.80. The van der Waals surface area contributed by atoms with Crippen LogP contribution in [0.25, 0.3) is 17.0 Å². The summed E-state index contributed by atoms with van der Waals surface area (Å²) in [7, 11) is 1.62. The second-order valence-corrected chi connectivity index (χ2v) is 5.53. The standard InChI is InChI=1S/C15H15N5OS/c1-9(8-12-17-6-7-22-12)18-14-13-10(19-15(16)20-14)4-3-5-11(13)21-2/h3-8H,1-2H3,(H3,16,18,19,20). The highest BCUT2D eigenvalue weighted by atomic mass is 32.1. The van der Waals surface area contributed by atoms with Crippen molar-refractivity contribution in [1.29, 1.82) is 0 Å². The van der Waals surface area contributed by atoms with Crippen LogP contribution in [-0.2, 0) is 0 Å². The number of thiazole rings is 1. The van der Waals surface area contributed by atoms with E-state index in [0.29, 0.717) is 11.6 Å². The number of nitrogens with zero attached hydrogens (tertiary/aromatic N) is 3. The van der Waals surface area contributed by atoms with Gasteiger partial charge in [-0.15, -0.1) is 11.3 Å². The summed E-state index contributed by atoms with van der Waals surface area (Å²) in [5.74, 6) is 1.53. The van der Waals surface area contributed by atoms with Crippen molar-refractivity contribution in [3.05, 3.63) is 40.5 Å². The van der Waals surface area contributed by atoms with Crippen LogP contribution in [0.15, 0.2) is 35.5 Å². The molecule has 0 aliphatic heterocycles. The number of nitrogen functional groups attached to an aromatic ring is 1. The smallest absolute Gasteiger partial charge is 0.222 e. The Morgan fingerprint density at radius 1 is 1.36 bits per heavy atom. The predicted octanol–water partition coefficient (Wildman–Crippen LogP) is 3.15. The van der Waals surface area contributed by atoms with Crippen molar-refractivity contribution in [3.8, 4) is 5.75 Å². The quantitative estimate of drug-likeness (QED) is 0.769. The normalized spacial score (nSPS) is 11.6. The number of rotatable bonds is 4. The lowest BCUT2D eigenvalue weighted by molar-refractivity contribution is 0.420. The van der Waals surface area contributed by atoms with Crippen molar-refractivity contribution >= 4 is 40.1 Å². The molecule has 0 fully saturated rings. The van der Waals surface area contributed by atoms with Gasteiger partial charge in [-0.25, -0.2) is 9.97 Å². The Morgan fingerprint density at radius 3 is 2.95 bits per heavy atom. The minimum Gasteiger partial charge on any atom is -0.496 e. The van der Waals surface area contributed by atoms with Gasteiger partial charge in [0.2, 0.25) is 5.95 Å². The van der Waals surface area contributed by atoms with Gasteiger partial charge in [0, 0.05) is 17.3 Å². The minimum atomic E-state index is 0.213. The number of anilines is 2. The van der Waals surface area contributed by atoms with Crippen molar-refractivity contribution in [2.45, 2.75) is 6.92 Å². The topological polar surface area (TPSA) is 86.0 Å². The first-order valence-corrected chi connectivity index (χ1v) is 7.50. The molecule has 0 radical (unpaired) electrons. The van der Waals surface area contributed by atoms with Gasteiger partial charge in [0.1, 0.15) is 16.6 Å². The van der Waals surface area contributed by atoms with E-state index in [9.17, 15) is 0 Å². The van der Waals surface area contributed by atoms with Gasteiger partial charge >= 0.3 is 0 Å². The number of hydrogen-bond donors (Lipinski definition) is 2. The highest BCUT2D eigenvalue weighted by molar-refractivity contribution is 7.10. The Kier molecular flexibility index (Phi) is 3.88. The molecule has 112 valence electrons. The number of allylic oxidation sites excluding steroid dienone is 1. The molecule has 6 nitrogen and oxygen atoms in total. The Labute approximate surface area is 131 Å². The van der Waals surface area contributed by atoms with E-state index < -0.39 is 0 Å². The van der Waals surface area contributed by atoms with E-state index in [4.69, 9.17) is 10.5 Å². The fourth-order valence-corrected chi connectivity index (χ4v) is 2.77. The summed E-state index contributed by atoms with van der Waals surface area (Å²) in [6.07, 6.45) is 3.72. The van der Waals surface area contributed by atoms with E-state index >= 15 is 0 Å². The van der Waals surface area contributed by atoms with Gasteiger partial charge in [-0.1, -0.05) is 6.07 Å². The van der Waals surface area contributed by atoms with Crippen LogP contribution in [-0.4, -0.2) is 22.1 Å². The lowest BCUT2D eigenvalue weighted by Crippen LogP contribution is -2.04. The highest BCUT2D eigenvalue weighted by Gasteiger charge is 2.11. The molecule has 22 heavy (non-hydrogen) atoms. The number of fused-ring (bicyclic) bond motifs is 1. The van der Waals surface area contributed by atoms with E-state index in [0.717, 1.165) is 21.6 Å². The van der Waals surface area contributed by atoms with E-state index in [1.807, 2.05) is 36.6 Å². The Morgan fingerprint density at radius 2 is 2.23 bits per heavy atom. The van der Waals surface area contributed by atoms with Crippen molar-refractivity contribution < 1.29 is 4.74 Å². The number of hydrogen-bond acceptors (Lipinski definition) is 7. The lowest BCUT2D eigenvalue weighted by atomic mass is 10.2. The first-order valence-electron chi connectivity index (χ1n) is 6.62. The van der Waals surface area contributed by atoms with Gasteiger partial charge in [0.25, 0.3) is 0 Å². The maximum Gasteiger partial charge on any atom is 0.222 e. The number of nitrogens with one attached hydrogen (secondary N) is 1. The summed E-state index contributed by atoms with van der Waals surface area (Å²) in [6.45, 7) is 1.95. The minimum absolute atomic E-state index is 0.213. The molecule has 0 aliphatic carbocycles. The SMILES string of the molecule is COc1cccc2nc(N)nc(NC(C)=Cc3nccs3)c12. The molecule has 0 amide bonds. The second-order valence-electron chi connectivity index (χ2n) is 4.61. The molecule has 0 aliphatic rings. The van der Waals surface area contributed by atoms with Crippen LogP contribution in [0.1, 0.15) is 11.9 Å². The molecule has 3 aromatic rings. The summed E-state index contributed by atoms with van der Waals surface area (Å²) in [6, 6.07) is 5.61. The molecule has 0 spiro atoms. The zero-order valence-corrected chi connectivity index (χ0v) is 13.0. The van der Waals surface area contributed by atoms with Crippen LogP contribution in [0.4, 0.5) is 11.8 Å². The third-order valence-corrected chi connectivity index (χ3v) is 3.75. The summed E-state index contributed by atoms with van der Waals surface area (Å²) in [4.78, 5) is 12.8. The lowest BCUT2D eigenvalue weighted by Gasteiger charge is -2.12. The molecule has 3 rings (SSSR count). The van der Waals surface area contributed by atoms with Crippen molar-refractivity contribution in [2.75, 3.05) is 18.2 Å². The van der Waals surface area contributed by atoms with Crippen LogP contribution in [0.3, 0.4) is 0 Å². The molecule has 7 heteroatoms. The third kappa shape index (κ3) is 2.84. The van der Waals surface area contributed by atoms with E-state index in [1.54, 1.807) is 24.6 Å². The molecule has 0 atom stereocenters. The van der Waals surface area contributed by atoms with E-state index in [1.165, 1.54) is 0 Å². The highest BCUT2D eigenvalue weighted by Crippen LogP contribution is 2.31. The predicted molar refractivity (Wildman–Crippen MR) is 89.9 cm³/mol. The molecule has 2 aromatic heterocycles. The summed E-state index contributed by atoms with van der Waals surface area (Å²) in [5.41, 5.74) is 7.43. The van der Waals surface area contributed by atoms with Crippen molar-refractivity contribution in [1.82, 2.24) is 15.0 Å². The molecular formula is C15H15N5OS. The summed E-state index contributed by atoms with van der Waals surface area (Å²) >= 11 is 1.57. The first kappa shape index (κ1) is 14.3. The van der Waals surface area contributed by atoms with Gasteiger partial charge in [-0.2, -0.15) is 4.98 Å². The molecule has 0 unspecified atom stereocenters. The molecule has 0 saturated heterocycles. The average molecular weight is 313 g/mol. The van der Waals surface area contributed by atoms with Crippen LogP contribution >= 0.6 is 11.3 Å². The van der Waals surface area contributed by atoms with Gasteiger partial charge in [0.15, 0.2) is 0 Å². The van der Waals surface area contributed by atoms with Crippen LogP contribution in [0, 0.1) is 0 Å². The number of benzene rings is 1. The summed E-state index contributed by atoms with van der Waals surface area (Å²) < 4.78 is 5.40. The molecule has 0 saturated carbocycles. The van der Waals surface area contributed by atoms with Gasteiger partial charge in [-0.3, -0.25) is 0 Å². The molecular weight excluding hydrogens is 298 g/mol. The fraction of sp³-hybridized carbons (Fsp3) is 0.133. The van der Waals surface area contributed by atoms with Gasteiger partial charge in [0.05, 0.1) is 18.0 Å². The summed E-state index contributed by atoms with van der Waals surface area (Å²) in [5, 5.41) is 6.90. The Balaban J connectivity index is 2.06. The average Bonchev–Trinajstić information content (AvgIpc) is 2.98.